The van der Waals surface area contributed by atoms with Gasteiger partial charge in [0.25, 0.3) is 0 Å². The van der Waals surface area contributed by atoms with Crippen molar-refractivity contribution in [2.75, 3.05) is 4.90 Å². The van der Waals surface area contributed by atoms with Crippen LogP contribution in [0.25, 0.3) is 0 Å². The number of hydrogen-bond donors (Lipinski definition) is 0. The van der Waals surface area contributed by atoms with E-state index >= 15 is 0 Å². The molecule has 0 spiro atoms. The molecule has 19 heavy (non-hydrogen) atoms. The van der Waals surface area contributed by atoms with E-state index in [0.29, 0.717) is 4.90 Å². The Hall–Kier alpha value is -1.85. The first-order chi connectivity index (χ1) is 8.64. The number of halogens is 3. The van der Waals surface area contributed by atoms with Gasteiger partial charge in [-0.2, -0.15) is 13.2 Å². The second-order valence-electron chi connectivity index (χ2n) is 5.07. The first kappa shape index (κ1) is 13.6. The number of nitrogens with zero attached hydrogens (tertiary/aromatic N) is 1. The number of carbonyl (C=O) groups is 2. The smallest absolute Gasteiger partial charge is 0.298 e. The third-order valence-electron chi connectivity index (χ3n) is 3.09. The van der Waals surface area contributed by atoms with Crippen molar-refractivity contribution in [3.63, 3.8) is 0 Å². The fraction of sp³-hybridized carbons (Fsp3) is 0.385. The molecule has 0 unspecified atom stereocenters. The number of alkyl halides is 3. The highest BCUT2D eigenvalue weighted by atomic mass is 19.4. The molecule has 0 fully saturated rings. The topological polar surface area (TPSA) is 37.4 Å². The molecule has 2 rings (SSSR count). The first-order valence-electron chi connectivity index (χ1n) is 5.68. The predicted octanol–water partition coefficient (Wildman–Crippen LogP) is 2.95. The van der Waals surface area contributed by atoms with Crippen LogP contribution in [0.1, 0.15) is 30.6 Å². The van der Waals surface area contributed by atoms with Gasteiger partial charge in [-0.05, 0) is 26.0 Å². The first-order valence-corrected chi connectivity index (χ1v) is 5.68. The second-order valence-corrected chi connectivity index (χ2v) is 5.07. The zero-order chi connectivity index (χ0) is 14.4. The van der Waals surface area contributed by atoms with Crippen LogP contribution in [0.15, 0.2) is 24.3 Å². The number of benzene rings is 1. The predicted molar refractivity (Wildman–Crippen MR) is 63.0 cm³/mol. The van der Waals surface area contributed by atoms with Gasteiger partial charge < -0.3 is 0 Å². The molecule has 0 aliphatic carbocycles. The molecule has 1 heterocycles. The molecular weight excluding hydrogens is 259 g/mol. The molecule has 102 valence electrons. The highest BCUT2D eigenvalue weighted by molar-refractivity contribution is 6.11. The van der Waals surface area contributed by atoms with E-state index < -0.39 is 17.6 Å². The Labute approximate surface area is 108 Å². The van der Waals surface area contributed by atoms with E-state index in [-0.39, 0.29) is 23.5 Å². The minimum atomic E-state index is -4.97. The summed E-state index contributed by atoms with van der Waals surface area (Å²) in [6.45, 7) is 2.90. The maximum absolute atomic E-state index is 12.7. The van der Waals surface area contributed by atoms with E-state index in [1.165, 1.54) is 32.0 Å². The molecule has 0 N–H and O–H groups in total. The van der Waals surface area contributed by atoms with Gasteiger partial charge in [0.2, 0.25) is 0 Å². The summed E-state index contributed by atoms with van der Waals surface area (Å²) in [4.78, 5) is 24.2. The van der Waals surface area contributed by atoms with Crippen LogP contribution in [0.2, 0.25) is 0 Å². The van der Waals surface area contributed by atoms with E-state index in [9.17, 15) is 22.8 Å². The molecule has 3 nitrogen and oxygen atoms in total. The summed E-state index contributed by atoms with van der Waals surface area (Å²) in [5.74, 6) is -2.20. The standard InChI is InChI=1S/C13H12F3NO2/c1-12(2)7-10(18)8-5-3-4-6-9(8)17(12)11(19)13(14,15)16/h3-6H,7H2,1-2H3. The van der Waals surface area contributed by atoms with E-state index in [2.05, 4.69) is 0 Å². The average Bonchev–Trinajstić information content (AvgIpc) is 2.26. The Bertz CT molecular complexity index is 549. The van der Waals surface area contributed by atoms with Crippen LogP contribution in [0, 0.1) is 0 Å². The number of Topliss-reactive ketones (excluding diaryl/α,β-unsaturated/α-hetero) is 1. The van der Waals surface area contributed by atoms with Gasteiger partial charge >= 0.3 is 12.1 Å². The maximum Gasteiger partial charge on any atom is 0.471 e. The monoisotopic (exact) mass is 271 g/mol. The van der Waals surface area contributed by atoms with Crippen LogP contribution in [0.3, 0.4) is 0 Å². The SMILES string of the molecule is CC1(C)CC(=O)c2ccccc2N1C(=O)C(F)(F)F. The number of anilines is 1. The third kappa shape index (κ3) is 2.22. The average molecular weight is 271 g/mol. The minimum absolute atomic E-state index is 0.0195. The maximum atomic E-state index is 12.7. The van der Waals surface area contributed by atoms with Crippen LogP contribution in [0.5, 0.6) is 0 Å². The van der Waals surface area contributed by atoms with Crippen LogP contribution in [-0.2, 0) is 4.79 Å². The van der Waals surface area contributed by atoms with Crippen molar-refractivity contribution < 1.29 is 22.8 Å². The zero-order valence-electron chi connectivity index (χ0n) is 10.4. The van der Waals surface area contributed by atoms with Crippen molar-refractivity contribution in [2.45, 2.75) is 32.0 Å². The summed E-state index contributed by atoms with van der Waals surface area (Å²) in [5, 5.41) is 0. The summed E-state index contributed by atoms with van der Waals surface area (Å²) >= 11 is 0. The van der Waals surface area contributed by atoms with Crippen molar-refractivity contribution in [3.8, 4) is 0 Å². The molecule has 1 aromatic rings. The van der Waals surface area contributed by atoms with Crippen LogP contribution >= 0.6 is 0 Å². The Balaban J connectivity index is 2.61. The lowest BCUT2D eigenvalue weighted by Crippen LogP contribution is -2.56. The van der Waals surface area contributed by atoms with Crippen molar-refractivity contribution in [1.82, 2.24) is 0 Å². The molecule has 0 atom stereocenters. The molecule has 1 aliphatic rings. The number of ketones is 1. The lowest BCUT2D eigenvalue weighted by atomic mass is 9.86. The molecule has 1 aliphatic heterocycles. The number of para-hydroxylation sites is 1. The van der Waals surface area contributed by atoms with E-state index in [1.807, 2.05) is 0 Å². The van der Waals surface area contributed by atoms with Gasteiger partial charge in [0.05, 0.1) is 5.69 Å². The van der Waals surface area contributed by atoms with Crippen LogP contribution in [-0.4, -0.2) is 23.4 Å². The summed E-state index contributed by atoms with van der Waals surface area (Å²) in [7, 11) is 0. The Morgan fingerprint density at radius 3 is 2.42 bits per heavy atom. The molecule has 0 radical (unpaired) electrons. The second kappa shape index (κ2) is 4.08. The van der Waals surface area contributed by atoms with E-state index in [1.54, 1.807) is 6.07 Å². The van der Waals surface area contributed by atoms with Crippen molar-refractivity contribution in [3.05, 3.63) is 29.8 Å². The van der Waals surface area contributed by atoms with E-state index in [0.717, 1.165) is 0 Å². The van der Waals surface area contributed by atoms with Gasteiger partial charge in [0.15, 0.2) is 5.78 Å². The molecule has 0 aromatic heterocycles. The quantitative estimate of drug-likeness (QED) is 0.727. The summed E-state index contributed by atoms with van der Waals surface area (Å²) < 4.78 is 38.1. The summed E-state index contributed by atoms with van der Waals surface area (Å²) in [6, 6.07) is 5.86. The van der Waals surface area contributed by atoms with Gasteiger partial charge in [-0.1, -0.05) is 12.1 Å². The van der Waals surface area contributed by atoms with Crippen LogP contribution in [0.4, 0.5) is 18.9 Å². The number of rotatable bonds is 0. The fourth-order valence-corrected chi connectivity index (χ4v) is 2.31. The lowest BCUT2D eigenvalue weighted by molar-refractivity contribution is -0.171. The minimum Gasteiger partial charge on any atom is -0.298 e. The Morgan fingerprint density at radius 2 is 1.84 bits per heavy atom. The molecule has 0 saturated heterocycles. The molecule has 1 amide bonds. The third-order valence-corrected chi connectivity index (χ3v) is 3.09. The highest BCUT2D eigenvalue weighted by Crippen LogP contribution is 2.39. The molecular formula is C13H12F3NO2. The Morgan fingerprint density at radius 1 is 1.26 bits per heavy atom. The number of fused-ring (bicyclic) bond motifs is 1. The zero-order valence-corrected chi connectivity index (χ0v) is 10.4. The fourth-order valence-electron chi connectivity index (χ4n) is 2.31. The summed E-state index contributed by atoms with van der Waals surface area (Å²) in [5.41, 5.74) is -1.02. The van der Waals surface area contributed by atoms with Gasteiger partial charge in [-0.15, -0.1) is 0 Å². The summed E-state index contributed by atoms with van der Waals surface area (Å²) in [6.07, 6.45) is -5.10. The largest absolute Gasteiger partial charge is 0.471 e. The molecule has 0 bridgehead atoms. The lowest BCUT2D eigenvalue weighted by Gasteiger charge is -2.42. The van der Waals surface area contributed by atoms with Gasteiger partial charge in [0.1, 0.15) is 0 Å². The van der Waals surface area contributed by atoms with Gasteiger partial charge in [-0.3, -0.25) is 14.5 Å². The van der Waals surface area contributed by atoms with Crippen molar-refractivity contribution >= 4 is 17.4 Å². The van der Waals surface area contributed by atoms with Gasteiger partial charge in [-0.25, -0.2) is 0 Å². The number of hydrogen-bond acceptors (Lipinski definition) is 2. The van der Waals surface area contributed by atoms with E-state index in [4.69, 9.17) is 0 Å². The Kier molecular flexibility index (Phi) is 2.91. The van der Waals surface area contributed by atoms with Crippen molar-refractivity contribution in [1.29, 1.82) is 0 Å². The molecule has 6 heteroatoms. The molecule has 0 saturated carbocycles. The van der Waals surface area contributed by atoms with Crippen molar-refractivity contribution in [2.24, 2.45) is 0 Å². The normalized spacial score (nSPS) is 18.2. The van der Waals surface area contributed by atoms with Gasteiger partial charge in [0, 0.05) is 17.5 Å². The number of amides is 1. The number of carbonyl (C=O) groups excluding carboxylic acids is 2. The molecule has 1 aromatic carbocycles. The highest BCUT2D eigenvalue weighted by Gasteiger charge is 2.50. The van der Waals surface area contributed by atoms with Crippen LogP contribution < -0.4 is 4.90 Å².